The highest BCUT2D eigenvalue weighted by atomic mass is 35.5. The predicted molar refractivity (Wildman–Crippen MR) is 54.8 cm³/mol. The average Bonchev–Trinajstić information content (AvgIpc) is 2.03. The Bertz CT molecular complexity index is 264. The van der Waals surface area contributed by atoms with E-state index in [1.165, 1.54) is 0 Å². The van der Waals surface area contributed by atoms with Crippen molar-refractivity contribution < 1.29 is 0 Å². The van der Waals surface area contributed by atoms with Crippen molar-refractivity contribution in [2.24, 2.45) is 0 Å². The van der Waals surface area contributed by atoms with E-state index >= 15 is 0 Å². The molecule has 0 aliphatic heterocycles. The van der Waals surface area contributed by atoms with Crippen LogP contribution in [0.3, 0.4) is 0 Å². The highest BCUT2D eigenvalue weighted by Gasteiger charge is 1.90. The standard InChI is InChI=1S/C10H12ClN/c1-8(2)7-12-10-5-3-9(11)4-6-10/h3-6,12H,1,7H2,2H3. The molecule has 0 bridgehead atoms. The van der Waals surface area contributed by atoms with Crippen LogP contribution in [0.15, 0.2) is 36.4 Å². The maximum atomic E-state index is 5.73. The van der Waals surface area contributed by atoms with Crippen LogP contribution in [0.1, 0.15) is 6.92 Å². The minimum Gasteiger partial charge on any atom is -0.381 e. The van der Waals surface area contributed by atoms with Crippen LogP contribution in [-0.2, 0) is 0 Å². The fourth-order valence-corrected chi connectivity index (χ4v) is 0.947. The first-order valence-corrected chi connectivity index (χ1v) is 4.20. The van der Waals surface area contributed by atoms with Crippen molar-refractivity contribution in [3.8, 4) is 0 Å². The van der Waals surface area contributed by atoms with Gasteiger partial charge in [-0.05, 0) is 31.2 Å². The molecule has 2 heteroatoms. The van der Waals surface area contributed by atoms with Gasteiger partial charge in [0.05, 0.1) is 0 Å². The third-order valence-corrected chi connectivity index (χ3v) is 1.69. The summed E-state index contributed by atoms with van der Waals surface area (Å²) >= 11 is 5.73. The van der Waals surface area contributed by atoms with Gasteiger partial charge in [-0.15, -0.1) is 0 Å². The second-order valence-corrected chi connectivity index (χ2v) is 3.25. The molecule has 1 aromatic carbocycles. The summed E-state index contributed by atoms with van der Waals surface area (Å²) < 4.78 is 0. The van der Waals surface area contributed by atoms with Gasteiger partial charge in [-0.1, -0.05) is 23.8 Å². The molecule has 0 aliphatic carbocycles. The zero-order chi connectivity index (χ0) is 8.97. The smallest absolute Gasteiger partial charge is 0.0407 e. The van der Waals surface area contributed by atoms with E-state index in [1.807, 2.05) is 31.2 Å². The molecule has 0 saturated carbocycles. The number of halogens is 1. The summed E-state index contributed by atoms with van der Waals surface area (Å²) in [6.07, 6.45) is 0. The largest absolute Gasteiger partial charge is 0.381 e. The second-order valence-electron chi connectivity index (χ2n) is 2.82. The Hall–Kier alpha value is -0.950. The molecular weight excluding hydrogens is 170 g/mol. The van der Waals surface area contributed by atoms with E-state index in [4.69, 9.17) is 11.6 Å². The molecule has 64 valence electrons. The summed E-state index contributed by atoms with van der Waals surface area (Å²) in [5.74, 6) is 0. The summed E-state index contributed by atoms with van der Waals surface area (Å²) in [5, 5.41) is 3.97. The first-order valence-electron chi connectivity index (χ1n) is 3.82. The van der Waals surface area contributed by atoms with Crippen LogP contribution in [-0.4, -0.2) is 6.54 Å². The van der Waals surface area contributed by atoms with Crippen LogP contribution >= 0.6 is 11.6 Å². The van der Waals surface area contributed by atoms with Crippen molar-refractivity contribution in [3.05, 3.63) is 41.4 Å². The van der Waals surface area contributed by atoms with E-state index in [-0.39, 0.29) is 0 Å². The van der Waals surface area contributed by atoms with Gasteiger partial charge in [0.25, 0.3) is 0 Å². The minimum absolute atomic E-state index is 0.760. The monoisotopic (exact) mass is 181 g/mol. The summed E-state index contributed by atoms with van der Waals surface area (Å²) in [7, 11) is 0. The van der Waals surface area contributed by atoms with Gasteiger partial charge in [0, 0.05) is 17.3 Å². The lowest BCUT2D eigenvalue weighted by Gasteiger charge is -2.04. The average molecular weight is 182 g/mol. The normalized spacial score (nSPS) is 9.50. The molecule has 12 heavy (non-hydrogen) atoms. The number of anilines is 1. The van der Waals surface area contributed by atoms with E-state index in [2.05, 4.69) is 11.9 Å². The highest BCUT2D eigenvalue weighted by molar-refractivity contribution is 6.30. The Morgan fingerprint density at radius 3 is 2.50 bits per heavy atom. The zero-order valence-electron chi connectivity index (χ0n) is 7.10. The van der Waals surface area contributed by atoms with Crippen LogP contribution in [0, 0.1) is 0 Å². The van der Waals surface area contributed by atoms with E-state index in [0.29, 0.717) is 0 Å². The first-order chi connectivity index (χ1) is 5.68. The van der Waals surface area contributed by atoms with Crippen LogP contribution in [0.5, 0.6) is 0 Å². The van der Waals surface area contributed by atoms with Gasteiger partial charge in [0.1, 0.15) is 0 Å². The Morgan fingerprint density at radius 1 is 1.42 bits per heavy atom. The molecule has 1 aromatic rings. The number of hydrogen-bond donors (Lipinski definition) is 1. The molecule has 1 N–H and O–H groups in total. The Morgan fingerprint density at radius 2 is 2.00 bits per heavy atom. The fourth-order valence-electron chi connectivity index (χ4n) is 0.821. The molecule has 0 amide bonds. The van der Waals surface area contributed by atoms with Crippen molar-refractivity contribution in [1.82, 2.24) is 0 Å². The van der Waals surface area contributed by atoms with E-state index in [1.54, 1.807) is 0 Å². The molecule has 0 saturated heterocycles. The molecule has 0 aliphatic rings. The van der Waals surface area contributed by atoms with Crippen LogP contribution in [0.4, 0.5) is 5.69 Å². The number of nitrogens with one attached hydrogen (secondary N) is 1. The lowest BCUT2D eigenvalue weighted by Crippen LogP contribution is -2.00. The van der Waals surface area contributed by atoms with Gasteiger partial charge in [-0.3, -0.25) is 0 Å². The molecule has 0 spiro atoms. The van der Waals surface area contributed by atoms with Crippen LogP contribution in [0.25, 0.3) is 0 Å². The SMILES string of the molecule is C=C(C)CNc1ccc(Cl)cc1. The quantitative estimate of drug-likeness (QED) is 0.706. The minimum atomic E-state index is 0.760. The molecular formula is C10H12ClN. The summed E-state index contributed by atoms with van der Waals surface area (Å²) in [6, 6.07) is 7.63. The second kappa shape index (κ2) is 4.17. The van der Waals surface area contributed by atoms with Crippen molar-refractivity contribution in [3.63, 3.8) is 0 Å². The topological polar surface area (TPSA) is 12.0 Å². The van der Waals surface area contributed by atoms with Gasteiger partial charge in [0.15, 0.2) is 0 Å². The molecule has 0 unspecified atom stereocenters. The Balaban J connectivity index is 2.53. The number of benzene rings is 1. The molecule has 0 aromatic heterocycles. The van der Waals surface area contributed by atoms with Gasteiger partial charge < -0.3 is 5.32 Å². The molecule has 0 atom stereocenters. The van der Waals surface area contributed by atoms with E-state index < -0.39 is 0 Å². The molecule has 0 fully saturated rings. The van der Waals surface area contributed by atoms with Crippen molar-refractivity contribution in [2.45, 2.75) is 6.92 Å². The summed E-state index contributed by atoms with van der Waals surface area (Å²) in [5.41, 5.74) is 2.19. The molecule has 0 heterocycles. The Labute approximate surface area is 78.1 Å². The van der Waals surface area contributed by atoms with E-state index in [0.717, 1.165) is 22.8 Å². The zero-order valence-corrected chi connectivity index (χ0v) is 7.86. The van der Waals surface area contributed by atoms with Crippen molar-refractivity contribution in [1.29, 1.82) is 0 Å². The third-order valence-electron chi connectivity index (χ3n) is 1.44. The maximum absolute atomic E-state index is 5.73. The molecule has 1 rings (SSSR count). The molecule has 1 nitrogen and oxygen atoms in total. The fraction of sp³-hybridized carbons (Fsp3) is 0.200. The highest BCUT2D eigenvalue weighted by Crippen LogP contribution is 2.13. The van der Waals surface area contributed by atoms with E-state index in [9.17, 15) is 0 Å². The van der Waals surface area contributed by atoms with Crippen molar-refractivity contribution >= 4 is 17.3 Å². The lowest BCUT2D eigenvalue weighted by atomic mass is 10.3. The first kappa shape index (κ1) is 9.14. The lowest BCUT2D eigenvalue weighted by molar-refractivity contribution is 1.22. The van der Waals surface area contributed by atoms with Gasteiger partial charge in [-0.25, -0.2) is 0 Å². The van der Waals surface area contributed by atoms with Crippen molar-refractivity contribution in [2.75, 3.05) is 11.9 Å². The number of rotatable bonds is 3. The molecule has 0 radical (unpaired) electrons. The van der Waals surface area contributed by atoms with Crippen LogP contribution in [0.2, 0.25) is 5.02 Å². The number of hydrogen-bond acceptors (Lipinski definition) is 1. The van der Waals surface area contributed by atoms with Gasteiger partial charge in [-0.2, -0.15) is 0 Å². The maximum Gasteiger partial charge on any atom is 0.0407 e. The third kappa shape index (κ3) is 2.97. The Kier molecular flexibility index (Phi) is 3.18. The summed E-state index contributed by atoms with van der Waals surface area (Å²) in [4.78, 5) is 0. The predicted octanol–water partition coefficient (Wildman–Crippen LogP) is 3.33. The van der Waals surface area contributed by atoms with Gasteiger partial charge >= 0.3 is 0 Å². The van der Waals surface area contributed by atoms with Gasteiger partial charge in [0.2, 0.25) is 0 Å². The summed E-state index contributed by atoms with van der Waals surface area (Å²) in [6.45, 7) is 6.60. The van der Waals surface area contributed by atoms with Crippen LogP contribution < -0.4 is 5.32 Å².